The molecule has 124 valence electrons. The van der Waals surface area contributed by atoms with Crippen molar-refractivity contribution in [1.82, 2.24) is 0 Å². The number of aromatic carboxylic acids is 1. The van der Waals surface area contributed by atoms with Crippen LogP contribution in [0.15, 0.2) is 48.2 Å². The average Bonchev–Trinajstić information content (AvgIpc) is 3.05. The first-order valence-electron chi connectivity index (χ1n) is 6.90. The lowest BCUT2D eigenvalue weighted by Gasteiger charge is -2.05. The van der Waals surface area contributed by atoms with Crippen molar-refractivity contribution < 1.29 is 14.7 Å². The van der Waals surface area contributed by atoms with Crippen molar-refractivity contribution in [2.45, 2.75) is 6.42 Å². The number of para-hydroxylation sites is 1. The molecule has 3 N–H and O–H groups in total. The average molecular weight is 365 g/mol. The quantitative estimate of drug-likeness (QED) is 0.676. The molecule has 24 heavy (non-hydrogen) atoms. The van der Waals surface area contributed by atoms with Gasteiger partial charge in [-0.25, -0.2) is 4.79 Å². The predicted molar refractivity (Wildman–Crippen MR) is 97.2 cm³/mol. The van der Waals surface area contributed by atoms with E-state index in [0.29, 0.717) is 23.2 Å². The number of benzene rings is 2. The fourth-order valence-electron chi connectivity index (χ4n) is 2.94. The van der Waals surface area contributed by atoms with E-state index in [2.05, 4.69) is 10.6 Å². The van der Waals surface area contributed by atoms with Gasteiger partial charge in [0.15, 0.2) is 0 Å². The molecule has 0 bridgehead atoms. The first kappa shape index (κ1) is 17.8. The van der Waals surface area contributed by atoms with E-state index in [1.54, 1.807) is 12.1 Å². The highest BCUT2D eigenvalue weighted by molar-refractivity contribution is 6.32. The molecular weight excluding hydrogens is 351 g/mol. The van der Waals surface area contributed by atoms with Gasteiger partial charge in [0, 0.05) is 29.1 Å². The van der Waals surface area contributed by atoms with Gasteiger partial charge in [0.05, 0.1) is 11.1 Å². The zero-order chi connectivity index (χ0) is 15.3. The summed E-state index contributed by atoms with van der Waals surface area (Å²) >= 11 is 0. The molecular formula is C17H14Cl2N2O3. The summed E-state index contributed by atoms with van der Waals surface area (Å²) in [6.45, 7) is 0. The number of carbonyl (C=O) groups is 2. The van der Waals surface area contributed by atoms with Crippen LogP contribution in [0.4, 0.5) is 11.4 Å². The van der Waals surface area contributed by atoms with Crippen LogP contribution in [0, 0.1) is 0 Å². The zero-order valence-corrected chi connectivity index (χ0v) is 14.0. The number of nitrogens with one attached hydrogen (secondary N) is 2. The molecule has 2 aromatic rings. The number of carboxylic acid groups (broad SMARTS) is 1. The Bertz CT molecular complexity index is 851. The molecule has 0 saturated heterocycles. The van der Waals surface area contributed by atoms with Crippen LogP contribution >= 0.6 is 24.8 Å². The van der Waals surface area contributed by atoms with Gasteiger partial charge in [-0.1, -0.05) is 18.2 Å². The van der Waals surface area contributed by atoms with Crippen molar-refractivity contribution in [3.05, 3.63) is 64.9 Å². The molecule has 0 unspecified atom stereocenters. The van der Waals surface area contributed by atoms with E-state index in [0.717, 1.165) is 16.9 Å². The molecule has 0 aliphatic carbocycles. The van der Waals surface area contributed by atoms with Gasteiger partial charge in [-0.05, 0) is 29.8 Å². The first-order valence-corrected chi connectivity index (χ1v) is 6.90. The molecule has 0 saturated carbocycles. The summed E-state index contributed by atoms with van der Waals surface area (Å²) in [4.78, 5) is 23.4. The number of carbonyl (C=O) groups excluding carboxylic acids is 1. The van der Waals surface area contributed by atoms with E-state index < -0.39 is 5.97 Å². The highest BCUT2D eigenvalue weighted by Gasteiger charge is 2.30. The van der Waals surface area contributed by atoms with Crippen molar-refractivity contribution >= 4 is 53.6 Å². The Hall–Kier alpha value is -2.50. The van der Waals surface area contributed by atoms with Crippen LogP contribution in [0.1, 0.15) is 21.5 Å². The number of halogens is 2. The molecule has 7 heteroatoms. The number of hydrogen-bond acceptors (Lipinski definition) is 3. The number of allylic oxidation sites excluding steroid dienone is 1. The standard InChI is InChI=1S/C17H12N2O3.2ClH/c20-16-15(14-8-9-3-1-2-4-12(9)18-14)11-7-10(17(21)22)5-6-13(11)19-16;;/h1-7,18H,8H2,(H,19,20)(H,21,22);2*1H. The van der Waals surface area contributed by atoms with Crippen LogP contribution in [0.3, 0.4) is 0 Å². The van der Waals surface area contributed by atoms with E-state index in [9.17, 15) is 9.59 Å². The van der Waals surface area contributed by atoms with Gasteiger partial charge in [-0.2, -0.15) is 0 Å². The number of hydrogen-bond donors (Lipinski definition) is 3. The molecule has 0 atom stereocenters. The Morgan fingerprint density at radius 3 is 2.46 bits per heavy atom. The van der Waals surface area contributed by atoms with Gasteiger partial charge >= 0.3 is 5.97 Å². The van der Waals surface area contributed by atoms with Gasteiger partial charge in [0.25, 0.3) is 5.91 Å². The molecule has 5 nitrogen and oxygen atoms in total. The summed E-state index contributed by atoms with van der Waals surface area (Å²) in [5, 5.41) is 15.2. The minimum atomic E-state index is -1.01. The van der Waals surface area contributed by atoms with E-state index in [1.807, 2.05) is 24.3 Å². The summed E-state index contributed by atoms with van der Waals surface area (Å²) in [5.41, 5.74) is 4.90. The predicted octanol–water partition coefficient (Wildman–Crippen LogP) is 3.56. The van der Waals surface area contributed by atoms with E-state index in [-0.39, 0.29) is 36.3 Å². The topological polar surface area (TPSA) is 78.4 Å². The van der Waals surface area contributed by atoms with Gasteiger partial charge < -0.3 is 15.7 Å². The van der Waals surface area contributed by atoms with Crippen molar-refractivity contribution in [1.29, 1.82) is 0 Å². The highest BCUT2D eigenvalue weighted by Crippen LogP contribution is 2.38. The van der Waals surface area contributed by atoms with Crippen LogP contribution in [0.5, 0.6) is 0 Å². The fraction of sp³-hybridized carbons (Fsp3) is 0.0588. The van der Waals surface area contributed by atoms with Crippen LogP contribution < -0.4 is 10.6 Å². The second-order valence-corrected chi connectivity index (χ2v) is 5.33. The maximum absolute atomic E-state index is 12.3. The van der Waals surface area contributed by atoms with Gasteiger partial charge in [0.1, 0.15) is 0 Å². The van der Waals surface area contributed by atoms with Crippen LogP contribution in [-0.4, -0.2) is 17.0 Å². The van der Waals surface area contributed by atoms with Crippen molar-refractivity contribution in [2.75, 3.05) is 10.6 Å². The Labute approximate surface area is 150 Å². The molecule has 0 aromatic heterocycles. The minimum Gasteiger partial charge on any atom is -0.478 e. The minimum absolute atomic E-state index is 0. The van der Waals surface area contributed by atoms with E-state index in [1.165, 1.54) is 6.07 Å². The van der Waals surface area contributed by atoms with Crippen molar-refractivity contribution in [2.24, 2.45) is 0 Å². The molecule has 0 spiro atoms. The summed E-state index contributed by atoms with van der Waals surface area (Å²) in [6.07, 6.45) is 0.635. The number of rotatable bonds is 1. The SMILES string of the molecule is Cl.Cl.O=C1Nc2ccc(C(=O)O)cc2C1=C1Cc2ccccc2N1. The molecule has 0 fully saturated rings. The maximum Gasteiger partial charge on any atom is 0.335 e. The number of carboxylic acids is 1. The zero-order valence-electron chi connectivity index (χ0n) is 12.3. The Morgan fingerprint density at radius 2 is 1.75 bits per heavy atom. The third kappa shape index (κ3) is 2.72. The van der Waals surface area contributed by atoms with Crippen molar-refractivity contribution in [3.8, 4) is 0 Å². The molecule has 4 rings (SSSR count). The summed E-state index contributed by atoms with van der Waals surface area (Å²) in [6, 6.07) is 12.5. The molecule has 1 amide bonds. The molecule has 2 aromatic carbocycles. The highest BCUT2D eigenvalue weighted by atomic mass is 35.5. The van der Waals surface area contributed by atoms with E-state index >= 15 is 0 Å². The Morgan fingerprint density at radius 1 is 1.00 bits per heavy atom. The van der Waals surface area contributed by atoms with Crippen molar-refractivity contribution in [3.63, 3.8) is 0 Å². The molecule has 0 radical (unpaired) electrons. The fourth-order valence-corrected chi connectivity index (χ4v) is 2.94. The second-order valence-electron chi connectivity index (χ2n) is 5.33. The lowest BCUT2D eigenvalue weighted by Crippen LogP contribution is -2.08. The third-order valence-electron chi connectivity index (χ3n) is 3.98. The van der Waals surface area contributed by atoms with Crippen LogP contribution in [0.25, 0.3) is 5.57 Å². The van der Waals surface area contributed by atoms with Crippen LogP contribution in [-0.2, 0) is 11.2 Å². The third-order valence-corrected chi connectivity index (χ3v) is 3.98. The summed E-state index contributed by atoms with van der Waals surface area (Å²) in [7, 11) is 0. The monoisotopic (exact) mass is 364 g/mol. The lowest BCUT2D eigenvalue weighted by atomic mass is 10.0. The molecule has 2 aliphatic rings. The summed E-state index contributed by atoms with van der Waals surface area (Å²) < 4.78 is 0. The maximum atomic E-state index is 12.3. The van der Waals surface area contributed by atoms with Gasteiger partial charge in [0.2, 0.25) is 0 Å². The normalized spacial score (nSPS) is 16.9. The molecule has 2 aliphatic heterocycles. The van der Waals surface area contributed by atoms with E-state index in [4.69, 9.17) is 5.11 Å². The Balaban J connectivity index is 0.00000104. The largest absolute Gasteiger partial charge is 0.478 e. The van der Waals surface area contributed by atoms with Crippen LogP contribution in [0.2, 0.25) is 0 Å². The van der Waals surface area contributed by atoms with Gasteiger partial charge in [-0.3, -0.25) is 4.79 Å². The van der Waals surface area contributed by atoms with Gasteiger partial charge in [-0.15, -0.1) is 24.8 Å². The number of fused-ring (bicyclic) bond motifs is 2. The number of amides is 1. The first-order chi connectivity index (χ1) is 10.6. The lowest BCUT2D eigenvalue weighted by molar-refractivity contribution is -0.110. The summed E-state index contributed by atoms with van der Waals surface area (Å²) in [5.74, 6) is -1.21. The Kier molecular flexibility index (Phi) is 4.87. The number of anilines is 2. The second kappa shape index (κ2) is 6.55. The smallest absolute Gasteiger partial charge is 0.335 e. The molecule has 2 heterocycles.